The van der Waals surface area contributed by atoms with Crippen LogP contribution in [0.15, 0.2) is 36.5 Å². The molecule has 1 amide bonds. The van der Waals surface area contributed by atoms with Crippen LogP contribution in [-0.2, 0) is 11.2 Å². The fourth-order valence-electron chi connectivity index (χ4n) is 3.96. The number of amides is 1. The Hall–Kier alpha value is -3.35. The van der Waals surface area contributed by atoms with Crippen LogP contribution in [-0.4, -0.2) is 50.3 Å². The van der Waals surface area contributed by atoms with Gasteiger partial charge in [-0.2, -0.15) is 0 Å². The van der Waals surface area contributed by atoms with E-state index in [-0.39, 0.29) is 6.04 Å². The minimum Gasteiger partial charge on any atom is -0.497 e. The lowest BCUT2D eigenvalue weighted by Gasteiger charge is -2.35. The summed E-state index contributed by atoms with van der Waals surface area (Å²) in [5.74, 6) is 2.87. The number of aromatic nitrogens is 1. The normalized spacial score (nSPS) is 15.6. The van der Waals surface area contributed by atoms with E-state index in [1.54, 1.807) is 19.1 Å². The van der Waals surface area contributed by atoms with E-state index in [1.807, 2.05) is 43.5 Å². The number of benzene rings is 2. The van der Waals surface area contributed by atoms with Gasteiger partial charge in [-0.3, -0.25) is 4.79 Å². The van der Waals surface area contributed by atoms with Crippen molar-refractivity contribution in [1.29, 1.82) is 0 Å². The van der Waals surface area contributed by atoms with Crippen LogP contribution in [0.1, 0.15) is 24.1 Å². The lowest BCUT2D eigenvalue weighted by Crippen LogP contribution is -2.37. The highest BCUT2D eigenvalue weighted by atomic mass is 16.5. The molecule has 3 aromatic rings. The van der Waals surface area contributed by atoms with Crippen molar-refractivity contribution >= 4 is 17.3 Å². The molecule has 7 nitrogen and oxygen atoms in total. The fraction of sp³-hybridized carbons (Fsp3) is 0.348. The van der Waals surface area contributed by atoms with Crippen LogP contribution in [0.25, 0.3) is 10.9 Å². The largest absolute Gasteiger partial charge is 0.497 e. The molecular weight excluding hydrogens is 384 g/mol. The smallest absolute Gasteiger partial charge is 0.210 e. The van der Waals surface area contributed by atoms with E-state index in [1.165, 1.54) is 0 Å². The molecule has 1 aliphatic rings. The van der Waals surface area contributed by atoms with Gasteiger partial charge in [-0.25, -0.2) is 0 Å². The minimum absolute atomic E-state index is 0.216. The summed E-state index contributed by atoms with van der Waals surface area (Å²) in [6.45, 7) is 3.42. The molecule has 0 radical (unpaired) electrons. The Bertz CT molecular complexity index is 1050. The molecule has 0 saturated carbocycles. The van der Waals surface area contributed by atoms with Crippen molar-refractivity contribution in [1.82, 2.24) is 9.88 Å². The summed E-state index contributed by atoms with van der Waals surface area (Å²) < 4.78 is 22.8. The number of nitrogens with zero attached hydrogens (tertiary/aromatic N) is 1. The molecule has 1 aliphatic heterocycles. The van der Waals surface area contributed by atoms with Gasteiger partial charge in [-0.1, -0.05) is 0 Å². The van der Waals surface area contributed by atoms with E-state index in [2.05, 4.69) is 4.98 Å². The summed E-state index contributed by atoms with van der Waals surface area (Å²) in [4.78, 5) is 16.8. The molecule has 0 bridgehead atoms. The Morgan fingerprint density at radius 2 is 1.97 bits per heavy atom. The average molecular weight is 410 g/mol. The van der Waals surface area contributed by atoms with Gasteiger partial charge in [-0.15, -0.1) is 0 Å². The number of fused-ring (bicyclic) bond motifs is 2. The van der Waals surface area contributed by atoms with E-state index in [9.17, 15) is 4.79 Å². The highest BCUT2D eigenvalue weighted by Crippen LogP contribution is 2.38. The van der Waals surface area contributed by atoms with E-state index < -0.39 is 0 Å². The Balaban J connectivity index is 1.65. The summed E-state index contributed by atoms with van der Waals surface area (Å²) in [6, 6.07) is 9.55. The predicted molar refractivity (Wildman–Crippen MR) is 114 cm³/mol. The van der Waals surface area contributed by atoms with Gasteiger partial charge in [0.05, 0.1) is 26.9 Å². The first-order valence-corrected chi connectivity index (χ1v) is 10.0. The molecule has 7 heteroatoms. The van der Waals surface area contributed by atoms with Gasteiger partial charge in [0.2, 0.25) is 6.41 Å². The highest BCUT2D eigenvalue weighted by molar-refractivity contribution is 5.87. The SMILES string of the molecule is CCOc1cc2c(cc1OC)CCN(C=O)[C@@H]2COc1c[nH]c2ccc(OC)cc12. The van der Waals surface area contributed by atoms with Crippen molar-refractivity contribution in [2.75, 3.05) is 34.0 Å². The number of nitrogens with one attached hydrogen (secondary N) is 1. The zero-order valence-electron chi connectivity index (χ0n) is 17.4. The molecule has 2 aromatic carbocycles. The summed E-state index contributed by atoms with van der Waals surface area (Å²) in [5, 5.41) is 0.938. The standard InChI is InChI=1S/C23H26N2O5/c1-4-29-22-11-17-15(9-21(22)28-3)7-8-25(14-26)20(17)13-30-23-12-24-19-6-5-16(27-2)10-18(19)23/h5-6,9-12,14,20,24H,4,7-8,13H2,1-3H3/t20-/m1/s1. The minimum atomic E-state index is -0.216. The van der Waals surface area contributed by atoms with Gasteiger partial charge in [-0.05, 0) is 54.8 Å². The monoisotopic (exact) mass is 410 g/mol. The van der Waals surface area contributed by atoms with Crippen LogP contribution < -0.4 is 18.9 Å². The molecule has 0 aliphatic carbocycles. The molecule has 2 heterocycles. The Morgan fingerprint density at radius 1 is 1.10 bits per heavy atom. The number of carbonyl (C=O) groups is 1. The molecule has 30 heavy (non-hydrogen) atoms. The number of methoxy groups -OCH3 is 2. The molecular formula is C23H26N2O5. The Kier molecular flexibility index (Phi) is 5.70. The van der Waals surface area contributed by atoms with Crippen LogP contribution in [0.4, 0.5) is 0 Å². The van der Waals surface area contributed by atoms with Crippen molar-refractivity contribution in [2.45, 2.75) is 19.4 Å². The first-order chi connectivity index (χ1) is 14.7. The van der Waals surface area contributed by atoms with Crippen LogP contribution in [0, 0.1) is 0 Å². The van der Waals surface area contributed by atoms with E-state index in [0.717, 1.165) is 46.4 Å². The van der Waals surface area contributed by atoms with Crippen LogP contribution in [0.5, 0.6) is 23.0 Å². The summed E-state index contributed by atoms with van der Waals surface area (Å²) in [5.41, 5.74) is 3.13. The molecule has 1 atom stereocenters. The molecule has 0 saturated heterocycles. The highest BCUT2D eigenvalue weighted by Gasteiger charge is 2.29. The van der Waals surface area contributed by atoms with Crippen LogP contribution >= 0.6 is 0 Å². The van der Waals surface area contributed by atoms with Crippen molar-refractivity contribution in [2.24, 2.45) is 0 Å². The fourth-order valence-corrected chi connectivity index (χ4v) is 3.96. The molecule has 0 unspecified atom stereocenters. The van der Waals surface area contributed by atoms with Gasteiger partial charge in [0.25, 0.3) is 0 Å². The van der Waals surface area contributed by atoms with Gasteiger partial charge < -0.3 is 28.8 Å². The van der Waals surface area contributed by atoms with Crippen molar-refractivity contribution in [3.8, 4) is 23.0 Å². The molecule has 0 fully saturated rings. The lowest BCUT2D eigenvalue weighted by molar-refractivity contribution is -0.121. The van der Waals surface area contributed by atoms with Gasteiger partial charge in [0.15, 0.2) is 11.5 Å². The summed E-state index contributed by atoms with van der Waals surface area (Å²) in [6.07, 6.45) is 3.48. The average Bonchev–Trinajstić information content (AvgIpc) is 3.19. The third kappa shape index (κ3) is 3.63. The number of aromatic amines is 1. The number of rotatable bonds is 8. The third-order valence-electron chi connectivity index (χ3n) is 5.51. The summed E-state index contributed by atoms with van der Waals surface area (Å²) in [7, 11) is 3.27. The Morgan fingerprint density at radius 3 is 2.70 bits per heavy atom. The zero-order valence-corrected chi connectivity index (χ0v) is 17.4. The van der Waals surface area contributed by atoms with Crippen LogP contribution in [0.3, 0.4) is 0 Å². The Labute approximate surface area is 175 Å². The van der Waals surface area contributed by atoms with Crippen molar-refractivity contribution < 1.29 is 23.7 Å². The second kappa shape index (κ2) is 8.57. The van der Waals surface area contributed by atoms with Gasteiger partial charge in [0.1, 0.15) is 18.1 Å². The molecule has 4 rings (SSSR count). The quantitative estimate of drug-likeness (QED) is 0.573. The number of H-pyrrole nitrogens is 1. The number of carbonyl (C=O) groups excluding carboxylic acids is 1. The molecule has 0 spiro atoms. The lowest BCUT2D eigenvalue weighted by atomic mass is 9.92. The van der Waals surface area contributed by atoms with E-state index in [4.69, 9.17) is 18.9 Å². The number of hydrogen-bond donors (Lipinski definition) is 1. The van der Waals surface area contributed by atoms with E-state index >= 15 is 0 Å². The van der Waals surface area contributed by atoms with Crippen LogP contribution in [0.2, 0.25) is 0 Å². The predicted octanol–water partition coefficient (Wildman–Crippen LogP) is 3.72. The van der Waals surface area contributed by atoms with E-state index in [0.29, 0.717) is 31.3 Å². The molecule has 1 aromatic heterocycles. The molecule has 1 N–H and O–H groups in total. The third-order valence-corrected chi connectivity index (χ3v) is 5.51. The first kappa shape index (κ1) is 19.9. The van der Waals surface area contributed by atoms with Crippen molar-refractivity contribution in [3.63, 3.8) is 0 Å². The number of hydrogen-bond acceptors (Lipinski definition) is 5. The summed E-state index contributed by atoms with van der Waals surface area (Å²) >= 11 is 0. The first-order valence-electron chi connectivity index (χ1n) is 10.0. The maximum atomic E-state index is 11.8. The van der Waals surface area contributed by atoms with Gasteiger partial charge in [0, 0.05) is 23.6 Å². The van der Waals surface area contributed by atoms with Crippen molar-refractivity contribution in [3.05, 3.63) is 47.7 Å². The second-order valence-corrected chi connectivity index (χ2v) is 7.12. The maximum absolute atomic E-state index is 11.8. The van der Waals surface area contributed by atoms with Gasteiger partial charge >= 0.3 is 0 Å². The zero-order chi connectivity index (χ0) is 21.1. The topological polar surface area (TPSA) is 73.0 Å². The maximum Gasteiger partial charge on any atom is 0.210 e. The second-order valence-electron chi connectivity index (χ2n) is 7.12. The number of ether oxygens (including phenoxy) is 4. The molecule has 158 valence electrons.